The lowest BCUT2D eigenvalue weighted by Gasteiger charge is -2.32. The Labute approximate surface area is 679 Å². The number of rotatable bonds is 13. The summed E-state index contributed by atoms with van der Waals surface area (Å²) in [6.45, 7) is 16.5. The Kier molecular flexibility index (Phi) is 20.7. The van der Waals surface area contributed by atoms with E-state index in [9.17, 15) is 0 Å². The average molecular weight is 1560 g/mol. The SMILES string of the molecule is Brc1ccc(-c2nc(-c3ccccc3)nc(-c3cccc4ccccc34)n2)cc1.CC1(C)OB(c2cccc(B3OC(C)(C)C(C)(C)O3)c2)OC1(C)C.c1ccc(-c2nc(-c3ccc(-c4cccc(-c5ccc(-c6nc(-c7ccccc7)nc(-c7cccc8ccccc78)n6)cc5)c4)cc3)nc(-c3cccc4ccccc34)n2)cc1. The van der Waals surface area contributed by atoms with E-state index < -0.39 is 0 Å². The fourth-order valence-corrected chi connectivity index (χ4v) is 14.5. The first-order valence-corrected chi connectivity index (χ1v) is 39.4. The Hall–Kier alpha value is -12.7. The minimum absolute atomic E-state index is 0.349. The Morgan fingerprint density at radius 1 is 0.209 bits per heavy atom. The molecule has 13 nitrogen and oxygen atoms in total. The van der Waals surface area contributed by atoms with Gasteiger partial charge in [0.15, 0.2) is 52.4 Å². The zero-order chi connectivity index (χ0) is 78.8. The zero-order valence-corrected chi connectivity index (χ0v) is 66.6. The van der Waals surface area contributed by atoms with Crippen LogP contribution in [-0.4, -0.2) is 81.5 Å². The highest BCUT2D eigenvalue weighted by Crippen LogP contribution is 2.40. The summed E-state index contributed by atoms with van der Waals surface area (Å²) < 4.78 is 25.6. The maximum Gasteiger partial charge on any atom is 0.494 e. The van der Waals surface area contributed by atoms with Crippen molar-refractivity contribution in [3.8, 4) is 125 Å². The number of nitrogens with zero attached hydrogens (tertiary/aromatic N) is 9. The lowest BCUT2D eigenvalue weighted by molar-refractivity contribution is 0.00578. The minimum atomic E-state index is -0.377. The van der Waals surface area contributed by atoms with Gasteiger partial charge in [0.2, 0.25) is 0 Å². The summed E-state index contributed by atoms with van der Waals surface area (Å²) in [5.41, 5.74) is 13.6. The molecule has 0 radical (unpaired) electrons. The molecule has 17 aromatic rings. The zero-order valence-electron chi connectivity index (χ0n) is 65.0. The van der Waals surface area contributed by atoms with E-state index in [0.29, 0.717) is 52.4 Å². The van der Waals surface area contributed by atoms with Crippen molar-refractivity contribution in [2.24, 2.45) is 0 Å². The van der Waals surface area contributed by atoms with Gasteiger partial charge in [-0.25, -0.2) is 44.9 Å². The van der Waals surface area contributed by atoms with Gasteiger partial charge in [-0.1, -0.05) is 337 Å². The molecule has 0 N–H and O–H groups in total. The van der Waals surface area contributed by atoms with E-state index in [0.717, 1.165) is 120 Å². The van der Waals surface area contributed by atoms with Crippen molar-refractivity contribution in [1.82, 2.24) is 44.9 Å². The van der Waals surface area contributed by atoms with E-state index >= 15 is 0 Å². The van der Waals surface area contributed by atoms with Crippen molar-refractivity contribution >= 4 is 73.4 Å². The first kappa shape index (κ1) is 75.0. The van der Waals surface area contributed by atoms with Crippen LogP contribution in [0.4, 0.5) is 0 Å². The molecular formula is C99H80B2BrN9O4. The number of fused-ring (bicyclic) bond motifs is 3. The summed E-state index contributed by atoms with van der Waals surface area (Å²) in [6, 6.07) is 116. The van der Waals surface area contributed by atoms with Gasteiger partial charge in [0, 0.05) is 54.5 Å². The lowest BCUT2D eigenvalue weighted by atomic mass is 9.72. The van der Waals surface area contributed by atoms with Gasteiger partial charge < -0.3 is 18.6 Å². The van der Waals surface area contributed by atoms with Crippen LogP contribution in [-0.2, 0) is 18.6 Å². The molecule has 0 unspecified atom stereocenters. The predicted octanol–water partition coefficient (Wildman–Crippen LogP) is 22.8. The molecule has 0 amide bonds. The quantitative estimate of drug-likeness (QED) is 0.101. The lowest BCUT2D eigenvalue weighted by Crippen LogP contribution is -2.41. The second-order valence-corrected chi connectivity index (χ2v) is 31.6. The fourth-order valence-electron chi connectivity index (χ4n) is 14.2. The molecule has 2 aliphatic heterocycles. The highest BCUT2D eigenvalue weighted by molar-refractivity contribution is 9.10. The summed E-state index contributed by atoms with van der Waals surface area (Å²) in [5.74, 6) is 5.82. The van der Waals surface area contributed by atoms with Crippen LogP contribution in [0.3, 0.4) is 0 Å². The molecule has 16 heteroatoms. The van der Waals surface area contributed by atoms with Crippen molar-refractivity contribution in [3.63, 3.8) is 0 Å². The molecule has 19 rings (SSSR count). The molecule has 0 atom stereocenters. The summed E-state index contributed by atoms with van der Waals surface area (Å²) in [7, 11) is -0.755. The average Bonchev–Trinajstić information content (AvgIpc) is 1.55. The first-order chi connectivity index (χ1) is 55.8. The van der Waals surface area contributed by atoms with E-state index in [-0.39, 0.29) is 36.6 Å². The third-order valence-electron chi connectivity index (χ3n) is 22.0. The van der Waals surface area contributed by atoms with E-state index in [1.165, 1.54) is 0 Å². The molecule has 115 heavy (non-hydrogen) atoms. The summed E-state index contributed by atoms with van der Waals surface area (Å²) in [6.07, 6.45) is 0. The fraction of sp³-hybridized carbons (Fsp3) is 0.121. The monoisotopic (exact) mass is 1560 g/mol. The molecule has 0 saturated carbocycles. The van der Waals surface area contributed by atoms with Gasteiger partial charge in [-0.05, 0) is 139 Å². The minimum Gasteiger partial charge on any atom is -0.399 e. The highest BCUT2D eigenvalue weighted by Gasteiger charge is 2.54. The van der Waals surface area contributed by atoms with E-state index in [2.05, 4.69) is 259 Å². The Balaban J connectivity index is 0.000000148. The number of benzene rings is 14. The Bertz CT molecular complexity index is 6080. The third-order valence-corrected chi connectivity index (χ3v) is 22.5. The van der Waals surface area contributed by atoms with Gasteiger partial charge in [0.25, 0.3) is 0 Å². The molecule has 3 aromatic heterocycles. The molecule has 0 bridgehead atoms. The second-order valence-electron chi connectivity index (χ2n) is 30.7. The number of hydrogen-bond acceptors (Lipinski definition) is 13. The van der Waals surface area contributed by atoms with Crippen molar-refractivity contribution in [2.75, 3.05) is 0 Å². The van der Waals surface area contributed by atoms with Crippen LogP contribution in [0.25, 0.3) is 157 Å². The molecule has 0 spiro atoms. The van der Waals surface area contributed by atoms with Crippen LogP contribution >= 0.6 is 15.9 Å². The van der Waals surface area contributed by atoms with E-state index in [1.54, 1.807) is 0 Å². The molecular weight excluding hydrogens is 1480 g/mol. The van der Waals surface area contributed by atoms with E-state index in [1.807, 2.05) is 152 Å². The summed E-state index contributed by atoms with van der Waals surface area (Å²) >= 11 is 3.49. The Morgan fingerprint density at radius 2 is 0.435 bits per heavy atom. The predicted molar refractivity (Wildman–Crippen MR) is 471 cm³/mol. The van der Waals surface area contributed by atoms with Gasteiger partial charge in [-0.15, -0.1) is 0 Å². The molecule has 5 heterocycles. The topological polar surface area (TPSA) is 153 Å². The number of halogens is 1. The standard InChI is InChI=1S/C56H36N6.C25H16BrN3.C18H28B2O4/c1-3-16-41(17-4-1)51-57-53(61-55(59-51)49-26-12-20-39-14-7-9-24-47(39)49)43-32-28-37(29-33-43)45-22-11-23-46(36-45)38-30-34-44(35-31-38)54-58-52(42-18-5-2-6-19-42)60-56(62-54)50-27-13-21-40-15-8-10-25-48(40)50;26-20-15-13-19(14-16-20)24-27-23(18-8-2-1-3-9-18)28-25(29-24)22-12-6-10-17-7-4-5-11-21(17)22;1-15(2)16(3,4)22-19(21-15)13-10-9-11-14(12-13)20-23-17(5,6)18(7,8)24-20/h1-36H;1-16H;9-12H,1-8H3. The normalized spacial score (nSPS) is 14.4. The van der Waals surface area contributed by atoms with Crippen molar-refractivity contribution in [1.29, 1.82) is 0 Å². The number of aromatic nitrogens is 9. The van der Waals surface area contributed by atoms with Gasteiger partial charge >= 0.3 is 14.2 Å². The largest absolute Gasteiger partial charge is 0.494 e. The van der Waals surface area contributed by atoms with Gasteiger partial charge in [0.1, 0.15) is 0 Å². The van der Waals surface area contributed by atoms with Gasteiger partial charge in [-0.3, -0.25) is 0 Å². The Morgan fingerprint density at radius 3 is 0.748 bits per heavy atom. The molecule has 14 aromatic carbocycles. The smallest absolute Gasteiger partial charge is 0.399 e. The molecule has 2 aliphatic rings. The van der Waals surface area contributed by atoms with E-state index in [4.69, 9.17) is 63.5 Å². The summed E-state index contributed by atoms with van der Waals surface area (Å²) in [5, 5.41) is 6.78. The van der Waals surface area contributed by atoms with Crippen molar-refractivity contribution in [2.45, 2.75) is 77.8 Å². The van der Waals surface area contributed by atoms with Crippen LogP contribution in [0, 0.1) is 0 Å². The van der Waals surface area contributed by atoms with Crippen LogP contribution in [0.15, 0.2) is 344 Å². The maximum absolute atomic E-state index is 6.15. The molecule has 558 valence electrons. The number of hydrogen-bond donors (Lipinski definition) is 0. The van der Waals surface area contributed by atoms with Crippen molar-refractivity contribution < 1.29 is 18.6 Å². The summed E-state index contributed by atoms with van der Waals surface area (Å²) in [4.78, 5) is 44.5. The van der Waals surface area contributed by atoms with Gasteiger partial charge in [0.05, 0.1) is 22.4 Å². The highest BCUT2D eigenvalue weighted by atomic mass is 79.9. The second kappa shape index (κ2) is 31.7. The van der Waals surface area contributed by atoms with Crippen LogP contribution in [0.2, 0.25) is 0 Å². The van der Waals surface area contributed by atoms with Crippen LogP contribution in [0.1, 0.15) is 55.4 Å². The third kappa shape index (κ3) is 16.0. The van der Waals surface area contributed by atoms with Crippen LogP contribution in [0.5, 0.6) is 0 Å². The van der Waals surface area contributed by atoms with Gasteiger partial charge in [-0.2, -0.15) is 0 Å². The molecule has 2 fully saturated rings. The molecule has 2 saturated heterocycles. The van der Waals surface area contributed by atoms with Crippen molar-refractivity contribution in [3.05, 3.63) is 344 Å². The van der Waals surface area contributed by atoms with Crippen LogP contribution < -0.4 is 10.9 Å². The first-order valence-electron chi connectivity index (χ1n) is 38.6. The maximum atomic E-state index is 6.15. The molecule has 0 aliphatic carbocycles.